The summed E-state index contributed by atoms with van der Waals surface area (Å²) < 4.78 is 33.6. The largest absolute Gasteiger partial charge is 0.380 e. The summed E-state index contributed by atoms with van der Waals surface area (Å²) in [5, 5.41) is 0. The number of aryl methyl sites for hydroxylation is 1. The number of hydrogen-bond donors (Lipinski definition) is 0. The molecule has 0 spiro atoms. The number of anilines is 1. The number of thiazole rings is 1. The van der Waals surface area contributed by atoms with Crippen molar-refractivity contribution in [3.05, 3.63) is 58.4 Å². The Bertz CT molecular complexity index is 1410. The summed E-state index contributed by atoms with van der Waals surface area (Å²) in [6.07, 6.45) is 0.684. The molecule has 34 heavy (non-hydrogen) atoms. The van der Waals surface area contributed by atoms with E-state index in [2.05, 4.69) is 4.99 Å². The number of carbonyl (C=O) groups is 2. The van der Waals surface area contributed by atoms with Crippen LogP contribution in [0.2, 0.25) is 0 Å². The van der Waals surface area contributed by atoms with Crippen LogP contribution in [0.1, 0.15) is 18.1 Å². The van der Waals surface area contributed by atoms with Gasteiger partial charge in [0.05, 0.1) is 16.8 Å². The number of rotatable bonds is 8. The third-order valence-corrected chi connectivity index (χ3v) is 8.01. The minimum absolute atomic E-state index is 0.417. The van der Waals surface area contributed by atoms with Gasteiger partial charge in [-0.1, -0.05) is 35.6 Å². The van der Waals surface area contributed by atoms with Gasteiger partial charge in [-0.25, -0.2) is 8.42 Å². The van der Waals surface area contributed by atoms with Gasteiger partial charge in [0, 0.05) is 25.4 Å². The molecule has 4 rings (SSSR count). The molecule has 1 aliphatic heterocycles. The maximum Gasteiger partial charge on any atom is 0.263 e. The molecule has 2 heterocycles. The molecule has 0 fully saturated rings. The van der Waals surface area contributed by atoms with Gasteiger partial charge < -0.3 is 14.2 Å². The van der Waals surface area contributed by atoms with E-state index >= 15 is 0 Å². The Labute approximate surface area is 202 Å². The highest BCUT2D eigenvalue weighted by atomic mass is 32.2. The third-order valence-electron chi connectivity index (χ3n) is 5.60. The van der Waals surface area contributed by atoms with Crippen LogP contribution in [0.15, 0.2) is 47.5 Å². The maximum atomic E-state index is 12.7. The smallest absolute Gasteiger partial charge is 0.263 e. The van der Waals surface area contributed by atoms with Crippen molar-refractivity contribution in [3.63, 3.8) is 0 Å². The molecule has 10 heteroatoms. The van der Waals surface area contributed by atoms with Crippen LogP contribution in [0, 0.1) is 6.92 Å². The standard InChI is InChI=1S/C24H27N3O5S2/c1-3-32-13-12-27-20-9-8-17(2)14-21(20)33-24(27)25-22(28)15-34(30,31)16-23(29)26-11-10-18-6-4-5-7-19(18)26/h4-9,14H,3,10-13,15-16H2,1-2H3. The molecule has 0 N–H and O–H groups in total. The fraction of sp³-hybridized carbons (Fsp3) is 0.375. The number of sulfone groups is 1. The van der Waals surface area contributed by atoms with Gasteiger partial charge in [0.25, 0.3) is 5.91 Å². The molecule has 0 unspecified atom stereocenters. The summed E-state index contributed by atoms with van der Waals surface area (Å²) in [4.78, 5) is 31.4. The summed E-state index contributed by atoms with van der Waals surface area (Å²) in [6, 6.07) is 13.4. The number of aromatic nitrogens is 1. The molecule has 1 aliphatic rings. The number of fused-ring (bicyclic) bond motifs is 2. The molecule has 180 valence electrons. The number of amides is 2. The van der Waals surface area contributed by atoms with Gasteiger partial charge in [-0.15, -0.1) is 0 Å². The lowest BCUT2D eigenvalue weighted by molar-refractivity contribution is -0.116. The summed E-state index contributed by atoms with van der Waals surface area (Å²) in [5.74, 6) is -2.85. The third kappa shape index (κ3) is 5.45. The van der Waals surface area contributed by atoms with Crippen molar-refractivity contribution in [3.8, 4) is 0 Å². The molecule has 3 aromatic rings. The van der Waals surface area contributed by atoms with Crippen molar-refractivity contribution in [1.29, 1.82) is 0 Å². The van der Waals surface area contributed by atoms with Crippen molar-refractivity contribution in [2.45, 2.75) is 26.8 Å². The average molecular weight is 502 g/mol. The summed E-state index contributed by atoms with van der Waals surface area (Å²) in [6.45, 7) is 5.83. The van der Waals surface area contributed by atoms with Crippen molar-refractivity contribution in [1.82, 2.24) is 4.57 Å². The lowest BCUT2D eigenvalue weighted by Gasteiger charge is -2.17. The zero-order valence-corrected chi connectivity index (χ0v) is 20.8. The Morgan fingerprint density at radius 2 is 1.94 bits per heavy atom. The van der Waals surface area contributed by atoms with Gasteiger partial charge in [0.2, 0.25) is 5.91 Å². The molecule has 0 saturated heterocycles. The van der Waals surface area contributed by atoms with Crippen LogP contribution in [0.3, 0.4) is 0 Å². The predicted octanol–water partition coefficient (Wildman–Crippen LogP) is 2.48. The Morgan fingerprint density at radius 1 is 1.15 bits per heavy atom. The Morgan fingerprint density at radius 3 is 2.74 bits per heavy atom. The van der Waals surface area contributed by atoms with Crippen LogP contribution in [-0.2, 0) is 37.1 Å². The maximum absolute atomic E-state index is 12.7. The highest BCUT2D eigenvalue weighted by Crippen LogP contribution is 2.27. The SMILES string of the molecule is CCOCCn1c(=NC(=O)CS(=O)(=O)CC(=O)N2CCc3ccccc32)sc2cc(C)ccc21. The van der Waals surface area contributed by atoms with E-state index in [1.807, 2.05) is 54.8 Å². The first-order valence-electron chi connectivity index (χ1n) is 11.1. The second-order valence-corrected chi connectivity index (χ2v) is 11.2. The minimum Gasteiger partial charge on any atom is -0.380 e. The van der Waals surface area contributed by atoms with Gasteiger partial charge in [-0.05, 0) is 49.6 Å². The number of nitrogens with zero attached hydrogens (tertiary/aromatic N) is 3. The highest BCUT2D eigenvalue weighted by Gasteiger charge is 2.29. The fourth-order valence-corrected chi connectivity index (χ4v) is 6.27. The molecule has 0 saturated carbocycles. The second kappa shape index (κ2) is 10.2. The first kappa shape index (κ1) is 24.3. The summed E-state index contributed by atoms with van der Waals surface area (Å²) in [5.41, 5.74) is 3.73. The fourth-order valence-electron chi connectivity index (χ4n) is 4.02. The molecule has 0 bridgehead atoms. The van der Waals surface area contributed by atoms with E-state index < -0.39 is 33.2 Å². The lowest BCUT2D eigenvalue weighted by atomic mass is 10.2. The van der Waals surface area contributed by atoms with Gasteiger partial charge >= 0.3 is 0 Å². The van der Waals surface area contributed by atoms with E-state index in [4.69, 9.17) is 4.74 Å². The number of ether oxygens (including phenoxy) is 1. The summed E-state index contributed by atoms with van der Waals surface area (Å²) >= 11 is 1.33. The van der Waals surface area contributed by atoms with E-state index in [-0.39, 0.29) is 0 Å². The van der Waals surface area contributed by atoms with Gasteiger partial charge in [0.1, 0.15) is 11.5 Å². The van der Waals surface area contributed by atoms with Crippen LogP contribution >= 0.6 is 11.3 Å². The average Bonchev–Trinajstić information content (AvgIpc) is 3.34. The molecular weight excluding hydrogens is 474 g/mol. The van der Waals surface area contributed by atoms with Crippen molar-refractivity contribution >= 4 is 48.9 Å². The predicted molar refractivity (Wildman–Crippen MR) is 133 cm³/mol. The molecule has 0 atom stereocenters. The molecule has 8 nitrogen and oxygen atoms in total. The number of benzene rings is 2. The number of hydrogen-bond acceptors (Lipinski definition) is 6. The molecule has 2 aromatic carbocycles. The van der Waals surface area contributed by atoms with Crippen LogP contribution in [0.5, 0.6) is 0 Å². The zero-order chi connectivity index (χ0) is 24.3. The molecule has 2 amide bonds. The van der Waals surface area contributed by atoms with Crippen LogP contribution in [-0.4, -0.2) is 56.1 Å². The normalized spacial score (nSPS) is 14.1. The van der Waals surface area contributed by atoms with E-state index in [1.165, 1.54) is 16.2 Å². The molecule has 0 aliphatic carbocycles. The minimum atomic E-state index is -3.97. The lowest BCUT2D eigenvalue weighted by Crippen LogP contribution is -2.36. The van der Waals surface area contributed by atoms with Gasteiger partial charge in [-0.3, -0.25) is 9.59 Å². The Kier molecular flexibility index (Phi) is 7.30. The van der Waals surface area contributed by atoms with E-state index in [1.54, 1.807) is 6.07 Å². The molecule has 0 radical (unpaired) electrons. The van der Waals surface area contributed by atoms with Crippen molar-refractivity contribution < 1.29 is 22.7 Å². The second-order valence-electron chi connectivity index (χ2n) is 8.17. The quantitative estimate of drug-likeness (QED) is 0.442. The summed E-state index contributed by atoms with van der Waals surface area (Å²) in [7, 11) is -3.97. The van der Waals surface area contributed by atoms with Gasteiger partial charge in [-0.2, -0.15) is 4.99 Å². The van der Waals surface area contributed by atoms with Crippen molar-refractivity contribution in [2.24, 2.45) is 4.99 Å². The highest BCUT2D eigenvalue weighted by molar-refractivity contribution is 7.92. The molecule has 1 aromatic heterocycles. The first-order chi connectivity index (χ1) is 16.3. The van der Waals surface area contributed by atoms with Crippen LogP contribution in [0.4, 0.5) is 5.69 Å². The topological polar surface area (TPSA) is 98.0 Å². The first-order valence-corrected chi connectivity index (χ1v) is 13.7. The Balaban J connectivity index is 1.52. The van der Waals surface area contributed by atoms with Gasteiger partial charge in [0.15, 0.2) is 14.6 Å². The molecular formula is C24H27N3O5S2. The van der Waals surface area contributed by atoms with E-state index in [9.17, 15) is 18.0 Å². The van der Waals surface area contributed by atoms with Crippen molar-refractivity contribution in [2.75, 3.05) is 36.2 Å². The monoisotopic (exact) mass is 501 g/mol. The van der Waals surface area contributed by atoms with E-state index in [0.717, 1.165) is 27.0 Å². The van der Waals surface area contributed by atoms with Crippen LogP contribution in [0.25, 0.3) is 10.2 Å². The number of carbonyl (C=O) groups excluding carboxylic acids is 2. The zero-order valence-electron chi connectivity index (χ0n) is 19.2. The number of para-hydroxylation sites is 1. The van der Waals surface area contributed by atoms with E-state index in [0.29, 0.717) is 37.5 Å². The van der Waals surface area contributed by atoms with Crippen LogP contribution < -0.4 is 9.70 Å². The Hall–Kier alpha value is -2.82.